The van der Waals surface area contributed by atoms with Gasteiger partial charge in [-0.05, 0) is 25.8 Å². The maximum Gasteiger partial charge on any atom is 0.245 e. The van der Waals surface area contributed by atoms with Crippen molar-refractivity contribution in [2.45, 2.75) is 33.1 Å². The fourth-order valence-corrected chi connectivity index (χ4v) is 1.78. The van der Waals surface area contributed by atoms with Gasteiger partial charge in [-0.2, -0.15) is 0 Å². The molecule has 2 amide bonds. The molecule has 0 saturated heterocycles. The van der Waals surface area contributed by atoms with Crippen molar-refractivity contribution in [1.82, 2.24) is 15.5 Å². The van der Waals surface area contributed by atoms with Crippen LogP contribution in [0.2, 0.25) is 0 Å². The molecule has 0 aliphatic heterocycles. The van der Waals surface area contributed by atoms with Gasteiger partial charge in [-0.15, -0.1) is 0 Å². The molecule has 7 heteroatoms. The van der Waals surface area contributed by atoms with E-state index in [1.807, 2.05) is 11.9 Å². The highest BCUT2D eigenvalue weighted by atomic mass is 16.5. The SMILES string of the molecule is CC(C)CCOCCCC(=O)NCCN(C)CCNC(=O)CO. The van der Waals surface area contributed by atoms with Crippen molar-refractivity contribution in [3.05, 3.63) is 0 Å². The van der Waals surface area contributed by atoms with Gasteiger partial charge in [0.15, 0.2) is 0 Å². The van der Waals surface area contributed by atoms with Crippen LogP contribution in [0.4, 0.5) is 0 Å². The molecule has 136 valence electrons. The predicted octanol–water partition coefficient (Wildman–Crippen LogP) is -0.0142. The van der Waals surface area contributed by atoms with Gasteiger partial charge >= 0.3 is 0 Å². The highest BCUT2D eigenvalue weighted by Gasteiger charge is 2.03. The van der Waals surface area contributed by atoms with E-state index in [0.717, 1.165) is 19.4 Å². The van der Waals surface area contributed by atoms with E-state index in [1.165, 1.54) is 0 Å². The minimum absolute atomic E-state index is 0.0412. The second kappa shape index (κ2) is 14.4. The van der Waals surface area contributed by atoms with Crippen LogP contribution < -0.4 is 10.6 Å². The summed E-state index contributed by atoms with van der Waals surface area (Å²) in [5.41, 5.74) is 0. The monoisotopic (exact) mass is 331 g/mol. The molecule has 0 saturated carbocycles. The quantitative estimate of drug-likeness (QED) is 0.389. The fraction of sp³-hybridized carbons (Fsp3) is 0.875. The standard InChI is InChI=1S/C16H33N3O4/c1-14(2)6-12-23-11-4-5-15(21)17-7-9-19(3)10-8-18-16(22)13-20/h14,20H,4-13H2,1-3H3,(H,17,21)(H,18,22). The number of aliphatic hydroxyl groups excluding tert-OH is 1. The van der Waals surface area contributed by atoms with Crippen LogP contribution in [0.25, 0.3) is 0 Å². The van der Waals surface area contributed by atoms with Gasteiger partial charge < -0.3 is 25.4 Å². The molecule has 0 aromatic carbocycles. The number of nitrogens with zero attached hydrogens (tertiary/aromatic N) is 1. The molecule has 0 fully saturated rings. The zero-order valence-electron chi connectivity index (χ0n) is 14.8. The number of amides is 2. The van der Waals surface area contributed by atoms with E-state index in [-0.39, 0.29) is 11.8 Å². The van der Waals surface area contributed by atoms with E-state index in [2.05, 4.69) is 24.5 Å². The van der Waals surface area contributed by atoms with E-state index in [4.69, 9.17) is 9.84 Å². The first-order chi connectivity index (χ1) is 11.0. The summed E-state index contributed by atoms with van der Waals surface area (Å²) in [5.74, 6) is 0.314. The van der Waals surface area contributed by atoms with Crippen LogP contribution in [0.15, 0.2) is 0 Å². The first kappa shape index (κ1) is 21.8. The number of likely N-dealkylation sites (N-methyl/N-ethyl adjacent to an activating group) is 1. The van der Waals surface area contributed by atoms with Crippen LogP contribution in [-0.2, 0) is 14.3 Å². The van der Waals surface area contributed by atoms with Crippen molar-refractivity contribution in [2.75, 3.05) is 53.0 Å². The summed E-state index contributed by atoms with van der Waals surface area (Å²) in [7, 11) is 1.92. The Balaban J connectivity index is 3.43. The normalized spacial score (nSPS) is 11.0. The number of rotatable bonds is 14. The van der Waals surface area contributed by atoms with Crippen molar-refractivity contribution in [1.29, 1.82) is 0 Å². The lowest BCUT2D eigenvalue weighted by molar-refractivity contribution is -0.123. The number of carbonyl (C=O) groups is 2. The lowest BCUT2D eigenvalue weighted by atomic mass is 10.1. The smallest absolute Gasteiger partial charge is 0.245 e. The molecule has 0 aromatic heterocycles. The molecule has 0 aromatic rings. The van der Waals surface area contributed by atoms with Crippen LogP contribution in [0.1, 0.15) is 33.1 Å². The molecule has 3 N–H and O–H groups in total. The Morgan fingerprint density at radius 3 is 2.26 bits per heavy atom. The van der Waals surface area contributed by atoms with Gasteiger partial charge in [-0.3, -0.25) is 9.59 Å². The average molecular weight is 331 g/mol. The van der Waals surface area contributed by atoms with Gasteiger partial charge in [0.05, 0.1) is 0 Å². The topological polar surface area (TPSA) is 90.9 Å². The van der Waals surface area contributed by atoms with Crippen molar-refractivity contribution in [2.24, 2.45) is 5.92 Å². The summed E-state index contributed by atoms with van der Waals surface area (Å²) in [6, 6.07) is 0. The largest absolute Gasteiger partial charge is 0.387 e. The first-order valence-electron chi connectivity index (χ1n) is 8.36. The Kier molecular flexibility index (Phi) is 13.7. The summed E-state index contributed by atoms with van der Waals surface area (Å²) in [6.45, 7) is 7.68. The second-order valence-corrected chi connectivity index (χ2v) is 6.06. The van der Waals surface area contributed by atoms with E-state index < -0.39 is 6.61 Å². The minimum Gasteiger partial charge on any atom is -0.387 e. The van der Waals surface area contributed by atoms with Crippen molar-refractivity contribution >= 4 is 11.8 Å². The molecule has 0 aliphatic rings. The summed E-state index contributed by atoms with van der Waals surface area (Å²) in [6.07, 6.45) is 2.28. The third-order valence-corrected chi connectivity index (χ3v) is 3.31. The molecule has 0 rings (SSSR count). The molecular formula is C16H33N3O4. The summed E-state index contributed by atoms with van der Waals surface area (Å²) in [5, 5.41) is 14.0. The van der Waals surface area contributed by atoms with Crippen molar-refractivity contribution < 1.29 is 19.4 Å². The first-order valence-corrected chi connectivity index (χ1v) is 8.36. The number of carbonyl (C=O) groups excluding carboxylic acids is 2. The molecule has 0 radical (unpaired) electrons. The average Bonchev–Trinajstić information content (AvgIpc) is 2.50. The summed E-state index contributed by atoms with van der Waals surface area (Å²) >= 11 is 0. The van der Waals surface area contributed by atoms with Crippen LogP contribution >= 0.6 is 0 Å². The van der Waals surface area contributed by atoms with Gasteiger partial charge in [-0.1, -0.05) is 13.8 Å². The molecular weight excluding hydrogens is 298 g/mol. The second-order valence-electron chi connectivity index (χ2n) is 6.06. The number of nitrogens with one attached hydrogen (secondary N) is 2. The number of hydrogen-bond donors (Lipinski definition) is 3. The van der Waals surface area contributed by atoms with Crippen molar-refractivity contribution in [3.8, 4) is 0 Å². The molecule has 0 unspecified atom stereocenters. The number of ether oxygens (including phenoxy) is 1. The highest BCUT2D eigenvalue weighted by Crippen LogP contribution is 1.99. The van der Waals surface area contributed by atoms with Gasteiger partial charge in [0.2, 0.25) is 11.8 Å². The Bertz CT molecular complexity index is 324. The molecule has 23 heavy (non-hydrogen) atoms. The van der Waals surface area contributed by atoms with Gasteiger partial charge in [-0.25, -0.2) is 0 Å². The Labute approximate surface area is 139 Å². The van der Waals surface area contributed by atoms with E-state index in [1.54, 1.807) is 0 Å². The maximum absolute atomic E-state index is 11.6. The predicted molar refractivity (Wildman–Crippen MR) is 90.1 cm³/mol. The van der Waals surface area contributed by atoms with Gasteiger partial charge in [0.1, 0.15) is 6.61 Å². The highest BCUT2D eigenvalue weighted by molar-refractivity contribution is 5.76. The minimum atomic E-state index is -0.485. The number of aliphatic hydroxyl groups is 1. The fourth-order valence-electron chi connectivity index (χ4n) is 1.78. The van der Waals surface area contributed by atoms with E-state index in [0.29, 0.717) is 45.1 Å². The molecule has 0 spiro atoms. The molecule has 7 nitrogen and oxygen atoms in total. The zero-order chi connectivity index (χ0) is 17.5. The van der Waals surface area contributed by atoms with Crippen LogP contribution in [0, 0.1) is 5.92 Å². The molecule has 0 aliphatic carbocycles. The van der Waals surface area contributed by atoms with Crippen molar-refractivity contribution in [3.63, 3.8) is 0 Å². The van der Waals surface area contributed by atoms with Gasteiger partial charge in [0.25, 0.3) is 0 Å². The lowest BCUT2D eigenvalue weighted by Gasteiger charge is -2.17. The third kappa shape index (κ3) is 15.5. The summed E-state index contributed by atoms with van der Waals surface area (Å²) < 4.78 is 5.47. The third-order valence-electron chi connectivity index (χ3n) is 3.31. The zero-order valence-corrected chi connectivity index (χ0v) is 14.8. The molecule has 0 bridgehead atoms. The van der Waals surface area contributed by atoms with Crippen LogP contribution in [0.3, 0.4) is 0 Å². The van der Waals surface area contributed by atoms with Crippen LogP contribution in [0.5, 0.6) is 0 Å². The van der Waals surface area contributed by atoms with E-state index >= 15 is 0 Å². The van der Waals surface area contributed by atoms with Crippen LogP contribution in [-0.4, -0.2) is 74.9 Å². The maximum atomic E-state index is 11.6. The Morgan fingerprint density at radius 2 is 1.70 bits per heavy atom. The molecule has 0 atom stereocenters. The summed E-state index contributed by atoms with van der Waals surface area (Å²) in [4.78, 5) is 24.5. The Morgan fingerprint density at radius 1 is 1.09 bits per heavy atom. The number of hydrogen-bond acceptors (Lipinski definition) is 5. The Hall–Kier alpha value is -1.18. The van der Waals surface area contributed by atoms with Gasteiger partial charge in [0, 0.05) is 45.8 Å². The molecule has 0 heterocycles. The lowest BCUT2D eigenvalue weighted by Crippen LogP contribution is -2.38. The van der Waals surface area contributed by atoms with E-state index in [9.17, 15) is 9.59 Å².